The van der Waals surface area contributed by atoms with Crippen molar-refractivity contribution in [2.24, 2.45) is 0 Å². The Labute approximate surface area is 117 Å². The maximum Gasteiger partial charge on any atom is 0.295 e. The topological polar surface area (TPSA) is 76.5 Å². The summed E-state index contributed by atoms with van der Waals surface area (Å²) in [5.41, 5.74) is 7.90. The molecule has 1 aliphatic rings. The number of morpholine rings is 1. The zero-order valence-electron chi connectivity index (χ0n) is 11.6. The molecule has 20 heavy (non-hydrogen) atoms. The standard InChI is InChI=1S/C14H20N4O2/c1-2-18-5-6-19-11(9-18)8-16-14-17-12-4-3-10(15)7-13(12)20-14/h3-4,7,11H,2,5-6,8-9,15H2,1H3,(H,16,17). The zero-order chi connectivity index (χ0) is 13.9. The van der Waals surface area contributed by atoms with Crippen LogP contribution in [0.4, 0.5) is 11.7 Å². The Morgan fingerprint density at radius 1 is 1.50 bits per heavy atom. The largest absolute Gasteiger partial charge is 0.423 e. The van der Waals surface area contributed by atoms with Crippen LogP contribution in [0, 0.1) is 0 Å². The number of nitrogens with zero attached hydrogens (tertiary/aromatic N) is 2. The first-order valence-corrected chi connectivity index (χ1v) is 6.98. The molecule has 2 heterocycles. The molecule has 1 fully saturated rings. The summed E-state index contributed by atoms with van der Waals surface area (Å²) >= 11 is 0. The summed E-state index contributed by atoms with van der Waals surface area (Å²) in [5.74, 6) is 0. The van der Waals surface area contributed by atoms with E-state index in [1.807, 2.05) is 12.1 Å². The number of nitrogen functional groups attached to an aromatic ring is 1. The molecule has 0 radical (unpaired) electrons. The van der Waals surface area contributed by atoms with Crippen LogP contribution in [-0.2, 0) is 4.74 Å². The van der Waals surface area contributed by atoms with E-state index in [0.29, 0.717) is 23.8 Å². The second-order valence-electron chi connectivity index (χ2n) is 5.01. The van der Waals surface area contributed by atoms with E-state index < -0.39 is 0 Å². The molecule has 0 aliphatic carbocycles. The molecule has 0 saturated carbocycles. The molecular weight excluding hydrogens is 256 g/mol. The van der Waals surface area contributed by atoms with Gasteiger partial charge < -0.3 is 20.2 Å². The number of rotatable bonds is 4. The van der Waals surface area contributed by atoms with Crippen molar-refractivity contribution >= 4 is 22.8 Å². The molecule has 1 aromatic heterocycles. The molecule has 1 aliphatic heterocycles. The van der Waals surface area contributed by atoms with Gasteiger partial charge in [-0.1, -0.05) is 6.92 Å². The number of fused-ring (bicyclic) bond motifs is 1. The highest BCUT2D eigenvalue weighted by Gasteiger charge is 2.19. The lowest BCUT2D eigenvalue weighted by Gasteiger charge is -2.31. The molecule has 1 atom stereocenters. The fourth-order valence-electron chi connectivity index (χ4n) is 2.41. The first-order valence-electron chi connectivity index (χ1n) is 6.98. The third kappa shape index (κ3) is 2.86. The van der Waals surface area contributed by atoms with Gasteiger partial charge in [-0.05, 0) is 18.7 Å². The number of anilines is 2. The molecule has 108 valence electrons. The number of hydrogen-bond acceptors (Lipinski definition) is 6. The lowest BCUT2D eigenvalue weighted by molar-refractivity contribution is -0.0193. The number of nitrogens with two attached hydrogens (primary N) is 1. The summed E-state index contributed by atoms with van der Waals surface area (Å²) in [4.78, 5) is 6.75. The van der Waals surface area contributed by atoms with Gasteiger partial charge in [0.05, 0.1) is 12.7 Å². The predicted octanol–water partition coefficient (Wildman–Crippen LogP) is 1.54. The number of hydrogen-bond donors (Lipinski definition) is 2. The van der Waals surface area contributed by atoms with Gasteiger partial charge in [-0.25, -0.2) is 0 Å². The van der Waals surface area contributed by atoms with Crippen LogP contribution in [0.1, 0.15) is 6.92 Å². The average Bonchev–Trinajstić information content (AvgIpc) is 2.87. The number of benzene rings is 1. The zero-order valence-corrected chi connectivity index (χ0v) is 11.6. The molecule has 6 heteroatoms. The van der Waals surface area contributed by atoms with Crippen LogP contribution in [-0.4, -0.2) is 48.8 Å². The second-order valence-corrected chi connectivity index (χ2v) is 5.01. The van der Waals surface area contributed by atoms with Crippen molar-refractivity contribution in [2.45, 2.75) is 13.0 Å². The molecule has 0 bridgehead atoms. The van der Waals surface area contributed by atoms with Gasteiger partial charge in [-0.3, -0.25) is 4.90 Å². The lowest BCUT2D eigenvalue weighted by Crippen LogP contribution is -2.45. The van der Waals surface area contributed by atoms with Crippen LogP contribution in [0.3, 0.4) is 0 Å². The molecule has 3 rings (SSSR count). The summed E-state index contributed by atoms with van der Waals surface area (Å²) in [5, 5.41) is 3.20. The number of ether oxygens (including phenoxy) is 1. The van der Waals surface area contributed by atoms with Crippen LogP contribution in [0.15, 0.2) is 22.6 Å². The van der Waals surface area contributed by atoms with E-state index in [9.17, 15) is 0 Å². The number of likely N-dealkylation sites (N-methyl/N-ethyl adjacent to an activating group) is 1. The SMILES string of the molecule is CCN1CCOC(CNc2nc3ccc(N)cc3o2)C1. The second kappa shape index (κ2) is 5.68. The first kappa shape index (κ1) is 13.2. The van der Waals surface area contributed by atoms with E-state index in [2.05, 4.69) is 22.1 Å². The Hall–Kier alpha value is -1.79. The molecule has 1 saturated heterocycles. The van der Waals surface area contributed by atoms with Gasteiger partial charge >= 0.3 is 0 Å². The van der Waals surface area contributed by atoms with Gasteiger partial charge in [-0.2, -0.15) is 4.98 Å². The Kier molecular flexibility index (Phi) is 3.75. The monoisotopic (exact) mass is 276 g/mol. The normalized spacial score (nSPS) is 20.4. The van der Waals surface area contributed by atoms with Crippen LogP contribution in [0.5, 0.6) is 0 Å². The molecule has 1 unspecified atom stereocenters. The average molecular weight is 276 g/mol. The number of oxazole rings is 1. The number of aromatic nitrogens is 1. The summed E-state index contributed by atoms with van der Waals surface area (Å²) < 4.78 is 11.4. The minimum atomic E-state index is 0.170. The van der Waals surface area contributed by atoms with E-state index >= 15 is 0 Å². The lowest BCUT2D eigenvalue weighted by atomic mass is 10.2. The van der Waals surface area contributed by atoms with E-state index in [0.717, 1.165) is 31.8 Å². The maximum atomic E-state index is 5.73. The van der Waals surface area contributed by atoms with Crippen LogP contribution < -0.4 is 11.1 Å². The third-order valence-electron chi connectivity index (χ3n) is 3.56. The van der Waals surface area contributed by atoms with Crippen molar-refractivity contribution in [3.8, 4) is 0 Å². The van der Waals surface area contributed by atoms with E-state index in [-0.39, 0.29) is 6.10 Å². The van der Waals surface area contributed by atoms with E-state index in [4.69, 9.17) is 14.9 Å². The fourth-order valence-corrected chi connectivity index (χ4v) is 2.41. The highest BCUT2D eigenvalue weighted by atomic mass is 16.5. The van der Waals surface area contributed by atoms with Crippen molar-refractivity contribution < 1.29 is 9.15 Å². The molecular formula is C14H20N4O2. The smallest absolute Gasteiger partial charge is 0.295 e. The molecule has 2 aromatic rings. The van der Waals surface area contributed by atoms with Gasteiger partial charge in [0.1, 0.15) is 5.52 Å². The summed E-state index contributed by atoms with van der Waals surface area (Å²) in [6, 6.07) is 5.97. The van der Waals surface area contributed by atoms with Gasteiger partial charge in [0.15, 0.2) is 5.58 Å². The third-order valence-corrected chi connectivity index (χ3v) is 3.56. The van der Waals surface area contributed by atoms with Crippen LogP contribution in [0.2, 0.25) is 0 Å². The molecule has 0 amide bonds. The minimum absolute atomic E-state index is 0.170. The summed E-state index contributed by atoms with van der Waals surface area (Å²) in [6.07, 6.45) is 0.170. The number of nitrogens with one attached hydrogen (secondary N) is 1. The van der Waals surface area contributed by atoms with Gasteiger partial charge in [0, 0.05) is 31.4 Å². The van der Waals surface area contributed by atoms with Crippen molar-refractivity contribution in [3.63, 3.8) is 0 Å². The van der Waals surface area contributed by atoms with Crippen molar-refractivity contribution in [1.82, 2.24) is 9.88 Å². The fraction of sp³-hybridized carbons (Fsp3) is 0.500. The van der Waals surface area contributed by atoms with E-state index in [1.54, 1.807) is 6.07 Å². The predicted molar refractivity (Wildman–Crippen MR) is 78.8 cm³/mol. The molecule has 6 nitrogen and oxygen atoms in total. The molecule has 0 spiro atoms. The van der Waals surface area contributed by atoms with Crippen LogP contribution >= 0.6 is 0 Å². The maximum absolute atomic E-state index is 5.73. The van der Waals surface area contributed by atoms with Crippen molar-refractivity contribution in [1.29, 1.82) is 0 Å². The Morgan fingerprint density at radius 2 is 2.40 bits per heavy atom. The Morgan fingerprint density at radius 3 is 3.25 bits per heavy atom. The summed E-state index contributed by atoms with van der Waals surface area (Å²) in [7, 11) is 0. The highest BCUT2D eigenvalue weighted by Crippen LogP contribution is 2.21. The minimum Gasteiger partial charge on any atom is -0.423 e. The van der Waals surface area contributed by atoms with Gasteiger partial charge in [-0.15, -0.1) is 0 Å². The Balaban J connectivity index is 1.62. The van der Waals surface area contributed by atoms with Gasteiger partial charge in [0.25, 0.3) is 6.01 Å². The molecule has 3 N–H and O–H groups in total. The Bertz CT molecular complexity index is 584. The van der Waals surface area contributed by atoms with E-state index in [1.165, 1.54) is 0 Å². The summed E-state index contributed by atoms with van der Waals surface area (Å²) in [6.45, 7) is 6.65. The highest BCUT2D eigenvalue weighted by molar-refractivity contribution is 5.78. The quantitative estimate of drug-likeness (QED) is 0.825. The van der Waals surface area contributed by atoms with Gasteiger partial charge in [0.2, 0.25) is 0 Å². The van der Waals surface area contributed by atoms with Crippen molar-refractivity contribution in [2.75, 3.05) is 43.8 Å². The van der Waals surface area contributed by atoms with Crippen molar-refractivity contribution in [3.05, 3.63) is 18.2 Å². The first-order chi connectivity index (χ1) is 9.74. The van der Waals surface area contributed by atoms with Crippen LogP contribution in [0.25, 0.3) is 11.1 Å². The molecule has 1 aromatic carbocycles.